The largest absolute Gasteiger partial charge is 0.356 e. The van der Waals surface area contributed by atoms with Crippen molar-refractivity contribution in [1.29, 1.82) is 0 Å². The molecule has 9 heavy (non-hydrogen) atoms. The van der Waals surface area contributed by atoms with E-state index in [4.69, 9.17) is 7.85 Å². The van der Waals surface area contributed by atoms with Crippen LogP contribution in [-0.2, 0) is 4.79 Å². The van der Waals surface area contributed by atoms with Crippen LogP contribution in [0.3, 0.4) is 0 Å². The van der Waals surface area contributed by atoms with E-state index in [-0.39, 0.29) is 0 Å². The second kappa shape index (κ2) is 4.12. The molecule has 0 aromatic carbocycles. The van der Waals surface area contributed by atoms with Gasteiger partial charge in [0.25, 0.3) is 0 Å². The van der Waals surface area contributed by atoms with E-state index in [0.717, 1.165) is 0 Å². The van der Waals surface area contributed by atoms with Gasteiger partial charge in [0.1, 0.15) is 6.29 Å². The lowest BCUT2D eigenvalue weighted by molar-refractivity contribution is -0.109. The Hall–Kier alpha value is -0.795. The zero-order chi connectivity index (χ0) is 7.28. The van der Waals surface area contributed by atoms with Crippen molar-refractivity contribution < 1.29 is 9.59 Å². The van der Waals surface area contributed by atoms with E-state index >= 15 is 0 Å². The molecule has 0 bridgehead atoms. The van der Waals surface area contributed by atoms with Crippen LogP contribution in [-0.4, -0.2) is 26.0 Å². The van der Waals surface area contributed by atoms with E-state index in [2.05, 4.69) is 5.32 Å². The maximum Gasteiger partial charge on any atom is 0.200 e. The standard InChI is InChI=1S/C5H8BNO2/c1-2-4(3-8)7-5(6)9/h3-4H,2H2,1H3,(H,7,9). The molecule has 0 rings (SSSR count). The molecule has 0 aliphatic rings. The van der Waals surface area contributed by atoms with Crippen LogP contribution in [0, 0.1) is 0 Å². The van der Waals surface area contributed by atoms with Crippen molar-refractivity contribution >= 4 is 19.9 Å². The minimum atomic E-state index is -0.658. The van der Waals surface area contributed by atoms with Crippen molar-refractivity contribution in [1.82, 2.24) is 5.32 Å². The molecule has 48 valence electrons. The van der Waals surface area contributed by atoms with Gasteiger partial charge in [-0.15, -0.1) is 0 Å². The van der Waals surface area contributed by atoms with Gasteiger partial charge in [0, 0.05) is 0 Å². The van der Waals surface area contributed by atoms with Crippen molar-refractivity contribution in [3.63, 3.8) is 0 Å². The quantitative estimate of drug-likeness (QED) is 0.420. The van der Waals surface area contributed by atoms with Crippen molar-refractivity contribution in [2.75, 3.05) is 0 Å². The molecule has 0 aromatic heterocycles. The number of carbonyl (C=O) groups is 2. The van der Waals surface area contributed by atoms with Crippen LogP contribution >= 0.6 is 0 Å². The summed E-state index contributed by atoms with van der Waals surface area (Å²) >= 11 is 0. The lowest BCUT2D eigenvalue weighted by atomic mass is 10.1. The molecule has 3 nitrogen and oxygen atoms in total. The SMILES string of the molecule is [B]C(=O)NC(C=O)CC. The van der Waals surface area contributed by atoms with Gasteiger partial charge in [-0.25, -0.2) is 0 Å². The van der Waals surface area contributed by atoms with E-state index in [1.54, 1.807) is 6.92 Å². The highest BCUT2D eigenvalue weighted by atomic mass is 16.1. The summed E-state index contributed by atoms with van der Waals surface area (Å²) < 4.78 is 0. The van der Waals surface area contributed by atoms with Crippen LogP contribution in [0.4, 0.5) is 4.79 Å². The van der Waals surface area contributed by atoms with Crippen molar-refractivity contribution in [2.45, 2.75) is 19.4 Å². The molecule has 4 heteroatoms. The highest BCUT2D eigenvalue weighted by Gasteiger charge is 2.02. The molecule has 0 aromatic rings. The normalized spacial score (nSPS) is 12.1. The third kappa shape index (κ3) is 3.76. The molecule has 0 aliphatic carbocycles. The highest BCUT2D eigenvalue weighted by Crippen LogP contribution is 1.83. The Morgan fingerprint density at radius 1 is 1.89 bits per heavy atom. The molecule has 0 aliphatic heterocycles. The molecule has 0 saturated heterocycles. The number of nitrogens with one attached hydrogen (secondary N) is 1. The molecule has 1 amide bonds. The zero-order valence-corrected chi connectivity index (χ0v) is 5.26. The fraction of sp³-hybridized carbons (Fsp3) is 0.600. The molecule has 0 spiro atoms. The number of amides is 1. The lowest BCUT2D eigenvalue weighted by Gasteiger charge is -2.06. The highest BCUT2D eigenvalue weighted by molar-refractivity contribution is 6.57. The van der Waals surface area contributed by atoms with E-state index in [1.165, 1.54) is 0 Å². The first-order chi connectivity index (χ1) is 4.20. The van der Waals surface area contributed by atoms with Crippen molar-refractivity contribution in [2.24, 2.45) is 0 Å². The monoisotopic (exact) mass is 125 g/mol. The number of hydrogen-bond acceptors (Lipinski definition) is 2. The van der Waals surface area contributed by atoms with Gasteiger partial charge in [-0.05, 0) is 6.42 Å². The number of carbonyl (C=O) groups excluding carboxylic acids is 2. The van der Waals surface area contributed by atoms with E-state index in [0.29, 0.717) is 12.7 Å². The van der Waals surface area contributed by atoms with Crippen LogP contribution in [0.5, 0.6) is 0 Å². The maximum absolute atomic E-state index is 10.1. The molecule has 0 saturated carbocycles. The Bertz CT molecular complexity index is 116. The van der Waals surface area contributed by atoms with E-state index < -0.39 is 11.8 Å². The molecule has 0 heterocycles. The smallest absolute Gasteiger partial charge is 0.200 e. The Kier molecular flexibility index (Phi) is 3.76. The molecule has 2 radical (unpaired) electrons. The second-order valence-electron chi connectivity index (χ2n) is 1.66. The second-order valence-corrected chi connectivity index (χ2v) is 1.66. The summed E-state index contributed by atoms with van der Waals surface area (Å²) in [7, 11) is 4.74. The predicted octanol–water partition coefficient (Wildman–Crippen LogP) is -0.158. The van der Waals surface area contributed by atoms with Gasteiger partial charge < -0.3 is 10.1 Å². The third-order valence-corrected chi connectivity index (χ3v) is 0.932. The first-order valence-corrected chi connectivity index (χ1v) is 2.72. The summed E-state index contributed by atoms with van der Waals surface area (Å²) in [5.41, 5.74) is 0. The number of rotatable bonds is 3. The summed E-state index contributed by atoms with van der Waals surface area (Å²) in [5.74, 6) is -0.658. The molecular formula is C5H8BNO2. The van der Waals surface area contributed by atoms with Crippen molar-refractivity contribution in [3.05, 3.63) is 0 Å². The average Bonchev–Trinajstić information content (AvgIpc) is 1.82. The minimum Gasteiger partial charge on any atom is -0.356 e. The first kappa shape index (κ1) is 8.20. The van der Waals surface area contributed by atoms with Gasteiger partial charge in [-0.3, -0.25) is 4.79 Å². The van der Waals surface area contributed by atoms with Gasteiger partial charge in [0.2, 0.25) is 7.85 Å². The summed E-state index contributed by atoms with van der Waals surface area (Å²) in [5, 5.41) is 2.25. The van der Waals surface area contributed by atoms with Gasteiger partial charge in [-0.2, -0.15) is 0 Å². The van der Waals surface area contributed by atoms with Gasteiger partial charge >= 0.3 is 0 Å². The van der Waals surface area contributed by atoms with Crippen LogP contribution < -0.4 is 5.32 Å². The Morgan fingerprint density at radius 3 is 2.56 bits per heavy atom. The van der Waals surface area contributed by atoms with Crippen LogP contribution in [0.2, 0.25) is 0 Å². The summed E-state index contributed by atoms with van der Waals surface area (Å²) in [6.07, 6.45) is 1.23. The van der Waals surface area contributed by atoms with Crippen LogP contribution in [0.15, 0.2) is 0 Å². The van der Waals surface area contributed by atoms with Gasteiger partial charge in [0.05, 0.1) is 6.04 Å². The molecule has 1 N–H and O–H groups in total. The van der Waals surface area contributed by atoms with Crippen molar-refractivity contribution in [3.8, 4) is 0 Å². The summed E-state index contributed by atoms with van der Waals surface area (Å²) in [6.45, 7) is 1.79. The lowest BCUT2D eigenvalue weighted by Crippen LogP contribution is -2.34. The third-order valence-electron chi connectivity index (χ3n) is 0.932. The number of aldehydes is 1. The molecule has 1 unspecified atom stereocenters. The van der Waals surface area contributed by atoms with Gasteiger partial charge in [-0.1, -0.05) is 6.92 Å². The Labute approximate surface area is 55.2 Å². The zero-order valence-electron chi connectivity index (χ0n) is 5.26. The van der Waals surface area contributed by atoms with Crippen LogP contribution in [0.25, 0.3) is 0 Å². The summed E-state index contributed by atoms with van der Waals surface area (Å²) in [4.78, 5) is 20.1. The molecule has 0 fully saturated rings. The Morgan fingerprint density at radius 2 is 2.44 bits per heavy atom. The number of hydrogen-bond donors (Lipinski definition) is 1. The van der Waals surface area contributed by atoms with E-state index in [1.807, 2.05) is 0 Å². The minimum absolute atomic E-state index is 0.428. The summed E-state index contributed by atoms with van der Waals surface area (Å²) in [6, 6.07) is -0.428. The Balaban J connectivity index is 3.55. The molecule has 1 atom stereocenters. The maximum atomic E-state index is 10.1. The van der Waals surface area contributed by atoms with E-state index in [9.17, 15) is 9.59 Å². The van der Waals surface area contributed by atoms with Gasteiger partial charge in [0.15, 0.2) is 5.81 Å². The predicted molar refractivity (Wildman–Crippen MR) is 34.4 cm³/mol. The fourth-order valence-corrected chi connectivity index (χ4v) is 0.415. The first-order valence-electron chi connectivity index (χ1n) is 2.72. The molecular weight excluding hydrogens is 117 g/mol. The fourth-order valence-electron chi connectivity index (χ4n) is 0.415. The van der Waals surface area contributed by atoms with Crippen LogP contribution in [0.1, 0.15) is 13.3 Å². The average molecular weight is 125 g/mol. The topological polar surface area (TPSA) is 46.2 Å².